The van der Waals surface area contributed by atoms with E-state index in [-0.39, 0.29) is 17.9 Å². The van der Waals surface area contributed by atoms with Crippen molar-refractivity contribution in [2.24, 2.45) is 5.92 Å². The highest BCUT2D eigenvalue weighted by atomic mass is 16.5. The summed E-state index contributed by atoms with van der Waals surface area (Å²) >= 11 is 0. The number of hydrogen-bond donors (Lipinski definition) is 1. The molecule has 0 radical (unpaired) electrons. The van der Waals surface area contributed by atoms with E-state index < -0.39 is 0 Å². The third-order valence-electron chi connectivity index (χ3n) is 4.21. The molecule has 26 heavy (non-hydrogen) atoms. The van der Waals surface area contributed by atoms with Crippen molar-refractivity contribution in [1.82, 2.24) is 15.5 Å². The monoisotopic (exact) mass is 349 g/mol. The van der Waals surface area contributed by atoms with E-state index in [1.807, 2.05) is 74.5 Å². The van der Waals surface area contributed by atoms with Crippen LogP contribution in [0.1, 0.15) is 37.8 Å². The van der Waals surface area contributed by atoms with Crippen molar-refractivity contribution < 1.29 is 9.32 Å². The number of aromatic nitrogens is 2. The molecule has 0 aliphatic carbocycles. The molecule has 0 saturated carbocycles. The third-order valence-corrected chi connectivity index (χ3v) is 4.21. The highest BCUT2D eigenvalue weighted by molar-refractivity contribution is 5.76. The van der Waals surface area contributed by atoms with Crippen molar-refractivity contribution in [3.8, 4) is 11.4 Å². The van der Waals surface area contributed by atoms with Crippen LogP contribution in [0.3, 0.4) is 0 Å². The molecule has 0 unspecified atom stereocenters. The number of carbonyl (C=O) groups excluding carboxylic acids is 1. The number of rotatable bonds is 7. The molecule has 0 spiro atoms. The van der Waals surface area contributed by atoms with E-state index >= 15 is 0 Å². The van der Waals surface area contributed by atoms with Crippen LogP contribution in [-0.4, -0.2) is 16.0 Å². The molecule has 1 heterocycles. The number of aryl methyl sites for hydroxylation is 1. The lowest BCUT2D eigenvalue weighted by Crippen LogP contribution is -2.32. The number of amides is 1. The maximum atomic E-state index is 12.4. The lowest BCUT2D eigenvalue weighted by Gasteiger charge is -2.18. The third kappa shape index (κ3) is 4.57. The summed E-state index contributed by atoms with van der Waals surface area (Å²) < 4.78 is 5.43. The van der Waals surface area contributed by atoms with Crippen LogP contribution in [0.2, 0.25) is 0 Å². The van der Waals surface area contributed by atoms with Crippen LogP contribution in [0.15, 0.2) is 65.2 Å². The van der Waals surface area contributed by atoms with Gasteiger partial charge in [-0.15, -0.1) is 0 Å². The van der Waals surface area contributed by atoms with Gasteiger partial charge < -0.3 is 9.84 Å². The predicted octanol–water partition coefficient (Wildman–Crippen LogP) is 4.18. The van der Waals surface area contributed by atoms with Gasteiger partial charge in [-0.1, -0.05) is 79.7 Å². The minimum Gasteiger partial charge on any atom is -0.344 e. The highest BCUT2D eigenvalue weighted by Gasteiger charge is 2.24. The zero-order chi connectivity index (χ0) is 18.4. The smallest absolute Gasteiger partial charge is 0.249 e. The molecule has 1 N–H and O–H groups in total. The average Bonchev–Trinajstić information content (AvgIpc) is 3.15. The van der Waals surface area contributed by atoms with Crippen molar-refractivity contribution in [2.45, 2.75) is 32.7 Å². The number of carbonyl (C=O) groups is 1. The van der Waals surface area contributed by atoms with E-state index in [1.165, 1.54) is 0 Å². The Morgan fingerprint density at radius 3 is 2.35 bits per heavy atom. The molecule has 5 nitrogen and oxygen atoms in total. The lowest BCUT2D eigenvalue weighted by molar-refractivity contribution is -0.122. The average molecular weight is 349 g/mol. The van der Waals surface area contributed by atoms with E-state index in [4.69, 9.17) is 4.52 Å². The van der Waals surface area contributed by atoms with Crippen LogP contribution in [0, 0.1) is 5.92 Å². The molecule has 0 saturated heterocycles. The molecular weight excluding hydrogens is 326 g/mol. The van der Waals surface area contributed by atoms with Gasteiger partial charge in [0.1, 0.15) is 6.04 Å². The van der Waals surface area contributed by atoms with Gasteiger partial charge in [0.05, 0.1) is 0 Å². The second-order valence-corrected chi connectivity index (χ2v) is 6.60. The fourth-order valence-corrected chi connectivity index (χ4v) is 2.73. The Balaban J connectivity index is 1.66. The topological polar surface area (TPSA) is 68.0 Å². The normalized spacial score (nSPS) is 12.1. The van der Waals surface area contributed by atoms with Gasteiger partial charge in [0.25, 0.3) is 0 Å². The van der Waals surface area contributed by atoms with Crippen molar-refractivity contribution in [2.75, 3.05) is 0 Å². The zero-order valence-corrected chi connectivity index (χ0v) is 15.1. The standard InChI is InChI=1S/C21H23N3O2/c1-15(2)19(22-18(25)14-13-16-9-5-3-6-10-16)21-23-20(24-26-21)17-11-7-4-8-12-17/h3-12,15,19H,13-14H2,1-2H3,(H,22,25)/t19-/m0/s1. The van der Waals surface area contributed by atoms with Crippen LogP contribution >= 0.6 is 0 Å². The van der Waals surface area contributed by atoms with Crippen molar-refractivity contribution >= 4 is 5.91 Å². The van der Waals surface area contributed by atoms with Crippen LogP contribution in [-0.2, 0) is 11.2 Å². The number of nitrogens with one attached hydrogen (secondary N) is 1. The van der Waals surface area contributed by atoms with Crippen LogP contribution in [0.4, 0.5) is 0 Å². The minimum absolute atomic E-state index is 0.0213. The summed E-state index contributed by atoms with van der Waals surface area (Å²) in [5.41, 5.74) is 2.04. The summed E-state index contributed by atoms with van der Waals surface area (Å²) in [4.78, 5) is 16.9. The number of benzene rings is 2. The summed E-state index contributed by atoms with van der Waals surface area (Å²) in [6.07, 6.45) is 1.13. The van der Waals surface area contributed by atoms with Gasteiger partial charge in [-0.3, -0.25) is 4.79 Å². The first-order valence-electron chi connectivity index (χ1n) is 8.86. The first kappa shape index (κ1) is 17.9. The first-order chi connectivity index (χ1) is 12.6. The van der Waals surface area contributed by atoms with Gasteiger partial charge in [0.15, 0.2) is 0 Å². The lowest BCUT2D eigenvalue weighted by atomic mass is 10.0. The molecule has 3 aromatic rings. The second kappa shape index (κ2) is 8.43. The van der Waals surface area contributed by atoms with E-state index in [2.05, 4.69) is 15.5 Å². The summed E-state index contributed by atoms with van der Waals surface area (Å²) in [5, 5.41) is 7.09. The Bertz CT molecular complexity index is 829. The Morgan fingerprint density at radius 1 is 1.04 bits per heavy atom. The van der Waals surface area contributed by atoms with Gasteiger partial charge >= 0.3 is 0 Å². The predicted molar refractivity (Wildman–Crippen MR) is 100 cm³/mol. The molecule has 0 aliphatic heterocycles. The summed E-state index contributed by atoms with van der Waals surface area (Å²) in [6.45, 7) is 4.04. The minimum atomic E-state index is -0.303. The first-order valence-corrected chi connectivity index (χ1v) is 8.86. The molecule has 1 atom stereocenters. The van der Waals surface area contributed by atoms with Crippen LogP contribution in [0.25, 0.3) is 11.4 Å². The summed E-state index contributed by atoms with van der Waals surface area (Å²) in [7, 11) is 0. The van der Waals surface area contributed by atoms with Gasteiger partial charge in [-0.05, 0) is 17.9 Å². The fourth-order valence-electron chi connectivity index (χ4n) is 2.73. The van der Waals surface area contributed by atoms with Gasteiger partial charge in [0.2, 0.25) is 17.6 Å². The maximum Gasteiger partial charge on any atom is 0.249 e. The van der Waals surface area contributed by atoms with E-state index in [1.54, 1.807) is 0 Å². The molecule has 0 bridgehead atoms. The summed E-state index contributed by atoms with van der Waals surface area (Å²) in [5.74, 6) is 1.09. The van der Waals surface area contributed by atoms with Crippen molar-refractivity contribution in [3.63, 3.8) is 0 Å². The Labute approximate surface area is 153 Å². The highest BCUT2D eigenvalue weighted by Crippen LogP contribution is 2.23. The number of nitrogens with zero attached hydrogens (tertiary/aromatic N) is 2. The van der Waals surface area contributed by atoms with E-state index in [9.17, 15) is 4.79 Å². The summed E-state index contributed by atoms with van der Waals surface area (Å²) in [6, 6.07) is 19.3. The maximum absolute atomic E-state index is 12.4. The quantitative estimate of drug-likeness (QED) is 0.695. The van der Waals surface area contributed by atoms with Crippen LogP contribution in [0.5, 0.6) is 0 Å². The molecule has 0 fully saturated rings. The zero-order valence-electron chi connectivity index (χ0n) is 15.1. The molecule has 2 aromatic carbocycles. The van der Waals surface area contributed by atoms with Crippen LogP contribution < -0.4 is 5.32 Å². The molecule has 5 heteroatoms. The molecule has 3 rings (SSSR count). The fraction of sp³-hybridized carbons (Fsp3) is 0.286. The Hall–Kier alpha value is -2.95. The molecule has 134 valence electrons. The SMILES string of the molecule is CC(C)[C@H](NC(=O)CCc1ccccc1)c1nc(-c2ccccc2)no1. The molecule has 1 amide bonds. The largest absolute Gasteiger partial charge is 0.344 e. The second-order valence-electron chi connectivity index (χ2n) is 6.60. The van der Waals surface area contributed by atoms with Crippen molar-refractivity contribution in [3.05, 3.63) is 72.1 Å². The Kier molecular flexibility index (Phi) is 5.79. The van der Waals surface area contributed by atoms with Gasteiger partial charge in [0, 0.05) is 12.0 Å². The molecule has 1 aromatic heterocycles. The van der Waals surface area contributed by atoms with E-state index in [0.29, 0.717) is 24.6 Å². The Morgan fingerprint density at radius 2 is 1.69 bits per heavy atom. The van der Waals surface area contributed by atoms with Gasteiger partial charge in [-0.2, -0.15) is 4.98 Å². The van der Waals surface area contributed by atoms with Crippen molar-refractivity contribution in [1.29, 1.82) is 0 Å². The number of hydrogen-bond acceptors (Lipinski definition) is 4. The molecular formula is C21H23N3O2. The van der Waals surface area contributed by atoms with E-state index in [0.717, 1.165) is 11.1 Å². The molecule has 0 aliphatic rings. The van der Waals surface area contributed by atoms with Gasteiger partial charge in [-0.25, -0.2) is 0 Å².